The monoisotopic (exact) mass is 229 g/mol. The standard InChI is InChI=1S/C11H13F2NO2/c1-7(6-14)4-8-2-3-9-10(5-8)16-11(12,13)15-9/h2-3,5,7H,4,6,14H2,1H3. The van der Waals surface area contributed by atoms with Gasteiger partial charge in [0.1, 0.15) is 0 Å². The molecule has 2 rings (SSSR count). The zero-order valence-electron chi connectivity index (χ0n) is 8.87. The van der Waals surface area contributed by atoms with Crippen LogP contribution in [0.3, 0.4) is 0 Å². The molecule has 1 aliphatic rings. The molecule has 0 fully saturated rings. The Balaban J connectivity index is 2.16. The molecule has 1 aromatic rings. The Hall–Kier alpha value is -1.36. The largest absolute Gasteiger partial charge is 0.586 e. The van der Waals surface area contributed by atoms with E-state index in [2.05, 4.69) is 9.47 Å². The Morgan fingerprint density at radius 3 is 2.69 bits per heavy atom. The minimum absolute atomic E-state index is 0.0779. The highest BCUT2D eigenvalue weighted by Gasteiger charge is 2.43. The van der Waals surface area contributed by atoms with Gasteiger partial charge in [0, 0.05) is 0 Å². The van der Waals surface area contributed by atoms with E-state index < -0.39 is 6.29 Å². The van der Waals surface area contributed by atoms with Gasteiger partial charge in [0.15, 0.2) is 11.5 Å². The third-order valence-corrected chi connectivity index (χ3v) is 2.45. The van der Waals surface area contributed by atoms with Crippen molar-refractivity contribution < 1.29 is 18.3 Å². The smallest absolute Gasteiger partial charge is 0.395 e. The summed E-state index contributed by atoms with van der Waals surface area (Å²) in [5, 5.41) is 0. The van der Waals surface area contributed by atoms with Crippen LogP contribution in [0.25, 0.3) is 0 Å². The van der Waals surface area contributed by atoms with Gasteiger partial charge in [-0.3, -0.25) is 0 Å². The molecular weight excluding hydrogens is 216 g/mol. The molecule has 2 N–H and O–H groups in total. The molecule has 16 heavy (non-hydrogen) atoms. The minimum Gasteiger partial charge on any atom is -0.395 e. The van der Waals surface area contributed by atoms with Crippen molar-refractivity contribution in [3.8, 4) is 11.5 Å². The van der Waals surface area contributed by atoms with Crippen molar-refractivity contribution in [3.63, 3.8) is 0 Å². The fourth-order valence-corrected chi connectivity index (χ4v) is 1.61. The van der Waals surface area contributed by atoms with Gasteiger partial charge in [-0.15, -0.1) is 8.78 Å². The summed E-state index contributed by atoms with van der Waals surface area (Å²) in [5.41, 5.74) is 6.41. The van der Waals surface area contributed by atoms with Crippen LogP contribution in [-0.2, 0) is 6.42 Å². The summed E-state index contributed by atoms with van der Waals surface area (Å²) >= 11 is 0. The van der Waals surface area contributed by atoms with Crippen LogP contribution in [0.2, 0.25) is 0 Å². The molecule has 1 aliphatic heterocycles. The summed E-state index contributed by atoms with van der Waals surface area (Å²) in [7, 11) is 0. The SMILES string of the molecule is CC(CN)Cc1ccc2c(c1)OC(F)(F)O2. The Morgan fingerprint density at radius 2 is 2.00 bits per heavy atom. The third-order valence-electron chi connectivity index (χ3n) is 2.45. The fourth-order valence-electron chi connectivity index (χ4n) is 1.61. The van der Waals surface area contributed by atoms with Gasteiger partial charge in [-0.1, -0.05) is 13.0 Å². The highest BCUT2D eigenvalue weighted by atomic mass is 19.3. The van der Waals surface area contributed by atoms with Gasteiger partial charge < -0.3 is 15.2 Å². The number of benzene rings is 1. The zero-order chi connectivity index (χ0) is 11.8. The molecule has 5 heteroatoms. The maximum absolute atomic E-state index is 12.7. The van der Waals surface area contributed by atoms with Crippen molar-refractivity contribution in [1.82, 2.24) is 0 Å². The molecule has 1 atom stereocenters. The predicted molar refractivity (Wildman–Crippen MR) is 54.6 cm³/mol. The average molecular weight is 229 g/mol. The lowest BCUT2D eigenvalue weighted by Gasteiger charge is -2.08. The van der Waals surface area contributed by atoms with E-state index in [1.54, 1.807) is 12.1 Å². The minimum atomic E-state index is -3.54. The average Bonchev–Trinajstić information content (AvgIpc) is 2.51. The number of hydrogen-bond acceptors (Lipinski definition) is 3. The summed E-state index contributed by atoms with van der Waals surface area (Å²) in [4.78, 5) is 0. The first-order valence-electron chi connectivity index (χ1n) is 5.09. The lowest BCUT2D eigenvalue weighted by molar-refractivity contribution is -0.286. The molecule has 88 valence electrons. The van der Waals surface area contributed by atoms with Crippen molar-refractivity contribution in [2.45, 2.75) is 19.6 Å². The second-order valence-corrected chi connectivity index (χ2v) is 3.99. The summed E-state index contributed by atoms with van der Waals surface area (Å²) in [6, 6.07) is 4.81. The maximum atomic E-state index is 12.7. The number of ether oxygens (including phenoxy) is 2. The van der Waals surface area contributed by atoms with E-state index in [0.717, 1.165) is 12.0 Å². The van der Waals surface area contributed by atoms with E-state index in [0.29, 0.717) is 12.5 Å². The Morgan fingerprint density at radius 1 is 1.31 bits per heavy atom. The molecule has 3 nitrogen and oxygen atoms in total. The van der Waals surface area contributed by atoms with Crippen LogP contribution >= 0.6 is 0 Å². The van der Waals surface area contributed by atoms with Crippen LogP contribution in [0, 0.1) is 5.92 Å². The highest BCUT2D eigenvalue weighted by Crippen LogP contribution is 2.41. The van der Waals surface area contributed by atoms with Crippen molar-refractivity contribution >= 4 is 0 Å². The van der Waals surface area contributed by atoms with Crippen LogP contribution in [0.4, 0.5) is 8.78 Å². The van der Waals surface area contributed by atoms with Gasteiger partial charge in [0.05, 0.1) is 0 Å². The van der Waals surface area contributed by atoms with Gasteiger partial charge in [-0.05, 0) is 36.6 Å². The van der Waals surface area contributed by atoms with Crippen LogP contribution in [0.15, 0.2) is 18.2 Å². The first kappa shape index (κ1) is 11.1. The van der Waals surface area contributed by atoms with E-state index in [-0.39, 0.29) is 11.5 Å². The summed E-state index contributed by atoms with van der Waals surface area (Å²) in [6.45, 7) is 2.56. The molecule has 1 heterocycles. The zero-order valence-corrected chi connectivity index (χ0v) is 8.87. The van der Waals surface area contributed by atoms with Crippen LogP contribution < -0.4 is 15.2 Å². The highest BCUT2D eigenvalue weighted by molar-refractivity contribution is 5.45. The van der Waals surface area contributed by atoms with E-state index in [1.807, 2.05) is 6.92 Å². The quantitative estimate of drug-likeness (QED) is 0.863. The van der Waals surface area contributed by atoms with Crippen LogP contribution in [0.5, 0.6) is 11.5 Å². The molecule has 1 aromatic carbocycles. The number of alkyl halides is 2. The molecule has 0 bridgehead atoms. The molecular formula is C11H13F2NO2. The lowest BCUT2D eigenvalue weighted by atomic mass is 10.0. The summed E-state index contributed by atoms with van der Waals surface area (Å²) < 4.78 is 34.1. The molecule has 0 radical (unpaired) electrons. The van der Waals surface area contributed by atoms with Gasteiger partial charge in [-0.25, -0.2) is 0 Å². The number of rotatable bonds is 3. The molecule has 0 spiro atoms. The Kier molecular flexibility index (Phi) is 2.71. The predicted octanol–water partition coefficient (Wildman–Crippen LogP) is 2.15. The first-order chi connectivity index (χ1) is 7.50. The summed E-state index contributed by atoms with van der Waals surface area (Å²) in [5.74, 6) is 0.474. The van der Waals surface area contributed by atoms with Crippen molar-refractivity contribution in [1.29, 1.82) is 0 Å². The first-order valence-corrected chi connectivity index (χ1v) is 5.09. The van der Waals surface area contributed by atoms with Crippen molar-refractivity contribution in [2.75, 3.05) is 6.54 Å². The molecule has 0 saturated heterocycles. The molecule has 1 unspecified atom stereocenters. The van der Waals surface area contributed by atoms with Crippen molar-refractivity contribution in [3.05, 3.63) is 23.8 Å². The number of nitrogens with two attached hydrogens (primary N) is 1. The van der Waals surface area contributed by atoms with Gasteiger partial charge in [0.2, 0.25) is 0 Å². The lowest BCUT2D eigenvalue weighted by Crippen LogP contribution is -2.25. The third kappa shape index (κ3) is 2.24. The Labute approximate surface area is 92.1 Å². The molecule has 0 amide bonds. The number of halogens is 2. The van der Waals surface area contributed by atoms with E-state index >= 15 is 0 Å². The molecule has 0 aromatic heterocycles. The maximum Gasteiger partial charge on any atom is 0.586 e. The van der Waals surface area contributed by atoms with Crippen LogP contribution in [0.1, 0.15) is 12.5 Å². The second kappa shape index (κ2) is 3.90. The van der Waals surface area contributed by atoms with E-state index in [9.17, 15) is 8.78 Å². The number of hydrogen-bond donors (Lipinski definition) is 1. The topological polar surface area (TPSA) is 44.5 Å². The van der Waals surface area contributed by atoms with Crippen LogP contribution in [-0.4, -0.2) is 12.8 Å². The van der Waals surface area contributed by atoms with Gasteiger partial charge in [-0.2, -0.15) is 0 Å². The summed E-state index contributed by atoms with van der Waals surface area (Å²) in [6.07, 6.45) is -2.81. The second-order valence-electron chi connectivity index (χ2n) is 3.99. The van der Waals surface area contributed by atoms with E-state index in [4.69, 9.17) is 5.73 Å². The van der Waals surface area contributed by atoms with Gasteiger partial charge >= 0.3 is 6.29 Å². The van der Waals surface area contributed by atoms with Gasteiger partial charge in [0.25, 0.3) is 0 Å². The van der Waals surface area contributed by atoms with E-state index in [1.165, 1.54) is 6.07 Å². The molecule has 0 saturated carbocycles. The normalized spacial score (nSPS) is 18.5. The van der Waals surface area contributed by atoms with Crippen molar-refractivity contribution in [2.24, 2.45) is 11.7 Å². The molecule has 0 aliphatic carbocycles. The Bertz CT molecular complexity index is 396. The fraction of sp³-hybridized carbons (Fsp3) is 0.455. The number of fused-ring (bicyclic) bond motifs is 1.